The summed E-state index contributed by atoms with van der Waals surface area (Å²) in [6.45, 7) is 2.81. The fourth-order valence-corrected chi connectivity index (χ4v) is 1.44. The van der Waals surface area contributed by atoms with Crippen molar-refractivity contribution in [3.05, 3.63) is 35.4 Å². The summed E-state index contributed by atoms with van der Waals surface area (Å²) in [5.41, 5.74) is 8.06. The van der Waals surface area contributed by atoms with Gasteiger partial charge in [0.25, 0.3) is 0 Å². The number of hydrogen-bond donors (Lipinski definition) is 1. The lowest BCUT2D eigenvalue weighted by Crippen LogP contribution is -2.01. The van der Waals surface area contributed by atoms with E-state index in [1.807, 2.05) is 0 Å². The molecule has 0 heterocycles. The van der Waals surface area contributed by atoms with E-state index in [9.17, 15) is 0 Å². The van der Waals surface area contributed by atoms with Crippen LogP contribution < -0.4 is 5.73 Å². The number of ether oxygens (including phenoxy) is 1. The molecule has 0 aliphatic carbocycles. The maximum atomic E-state index is 5.48. The molecule has 1 unspecified atom stereocenters. The molecule has 2 nitrogen and oxygen atoms in total. The van der Waals surface area contributed by atoms with E-state index in [0.29, 0.717) is 0 Å². The summed E-state index contributed by atoms with van der Waals surface area (Å²) in [7, 11) is 1.73. The molecule has 14 heavy (non-hydrogen) atoms. The molecule has 2 heteroatoms. The van der Waals surface area contributed by atoms with Gasteiger partial charge in [0.05, 0.1) is 6.10 Å². The second-order valence-electron chi connectivity index (χ2n) is 3.52. The minimum Gasteiger partial charge on any atom is -0.377 e. The average Bonchev–Trinajstić information content (AvgIpc) is 2.25. The summed E-state index contributed by atoms with van der Waals surface area (Å²) in [5, 5.41) is 0. The Hall–Kier alpha value is -0.860. The summed E-state index contributed by atoms with van der Waals surface area (Å²) in [6, 6.07) is 8.52. The molecule has 0 bridgehead atoms. The third kappa shape index (κ3) is 3.13. The molecular weight excluding hydrogens is 174 g/mol. The second-order valence-corrected chi connectivity index (χ2v) is 3.52. The zero-order chi connectivity index (χ0) is 10.4. The molecule has 0 amide bonds. The SMILES string of the molecule is COC(C)c1cccc(CCCN)c1. The van der Waals surface area contributed by atoms with Gasteiger partial charge in [0.1, 0.15) is 0 Å². The molecule has 1 atom stereocenters. The van der Waals surface area contributed by atoms with Crippen LogP contribution in [0, 0.1) is 0 Å². The van der Waals surface area contributed by atoms with E-state index < -0.39 is 0 Å². The van der Waals surface area contributed by atoms with Crippen molar-refractivity contribution in [2.24, 2.45) is 5.73 Å². The maximum absolute atomic E-state index is 5.48. The average molecular weight is 193 g/mol. The molecule has 1 aromatic rings. The van der Waals surface area contributed by atoms with Gasteiger partial charge < -0.3 is 10.5 Å². The molecule has 0 saturated carbocycles. The lowest BCUT2D eigenvalue weighted by molar-refractivity contribution is 0.119. The van der Waals surface area contributed by atoms with Gasteiger partial charge in [-0.25, -0.2) is 0 Å². The van der Waals surface area contributed by atoms with Crippen molar-refractivity contribution in [2.75, 3.05) is 13.7 Å². The fraction of sp³-hybridized carbons (Fsp3) is 0.500. The number of methoxy groups -OCH3 is 1. The van der Waals surface area contributed by atoms with Crippen LogP contribution in [0.2, 0.25) is 0 Å². The van der Waals surface area contributed by atoms with E-state index in [0.717, 1.165) is 19.4 Å². The number of nitrogens with two attached hydrogens (primary N) is 1. The van der Waals surface area contributed by atoms with E-state index in [4.69, 9.17) is 10.5 Å². The van der Waals surface area contributed by atoms with Crippen molar-refractivity contribution in [1.29, 1.82) is 0 Å². The Morgan fingerprint density at radius 2 is 2.21 bits per heavy atom. The first-order chi connectivity index (χ1) is 6.77. The van der Waals surface area contributed by atoms with E-state index in [1.54, 1.807) is 7.11 Å². The van der Waals surface area contributed by atoms with Gasteiger partial charge in [-0.2, -0.15) is 0 Å². The molecule has 1 rings (SSSR count). The Labute approximate surface area is 86.1 Å². The highest BCUT2D eigenvalue weighted by atomic mass is 16.5. The topological polar surface area (TPSA) is 35.2 Å². The van der Waals surface area contributed by atoms with Gasteiger partial charge in [-0.3, -0.25) is 0 Å². The molecule has 0 saturated heterocycles. The molecular formula is C12H19NO. The van der Waals surface area contributed by atoms with Crippen LogP contribution in [0.4, 0.5) is 0 Å². The molecule has 0 aliphatic heterocycles. The first kappa shape index (κ1) is 11.2. The highest BCUT2D eigenvalue weighted by molar-refractivity contribution is 5.25. The Bertz CT molecular complexity index is 273. The first-order valence-electron chi connectivity index (χ1n) is 5.09. The predicted octanol–water partition coefficient (Wildman–Crippen LogP) is 2.29. The predicted molar refractivity (Wildman–Crippen MR) is 59.2 cm³/mol. The van der Waals surface area contributed by atoms with Crippen LogP contribution in [-0.4, -0.2) is 13.7 Å². The molecule has 0 radical (unpaired) electrons. The third-order valence-electron chi connectivity index (χ3n) is 2.44. The van der Waals surface area contributed by atoms with Crippen molar-refractivity contribution in [1.82, 2.24) is 0 Å². The normalized spacial score (nSPS) is 12.8. The van der Waals surface area contributed by atoms with Crippen LogP contribution >= 0.6 is 0 Å². The minimum atomic E-state index is 0.174. The summed E-state index contributed by atoms with van der Waals surface area (Å²) in [6.07, 6.45) is 2.28. The Morgan fingerprint density at radius 1 is 1.43 bits per heavy atom. The second kappa shape index (κ2) is 5.78. The van der Waals surface area contributed by atoms with Crippen molar-refractivity contribution in [3.63, 3.8) is 0 Å². The van der Waals surface area contributed by atoms with Gasteiger partial charge in [-0.05, 0) is 37.4 Å². The molecule has 78 valence electrons. The number of benzene rings is 1. The van der Waals surface area contributed by atoms with Crippen LogP contribution in [0.3, 0.4) is 0 Å². The Balaban J connectivity index is 2.68. The molecule has 0 aromatic heterocycles. The summed E-state index contributed by atoms with van der Waals surface area (Å²) in [4.78, 5) is 0. The lowest BCUT2D eigenvalue weighted by atomic mass is 10.0. The standard InChI is InChI=1S/C12H19NO/c1-10(14-2)12-7-3-5-11(9-12)6-4-8-13/h3,5,7,9-10H,4,6,8,13H2,1-2H3. The van der Waals surface area contributed by atoms with Crippen molar-refractivity contribution in [3.8, 4) is 0 Å². The molecule has 2 N–H and O–H groups in total. The largest absolute Gasteiger partial charge is 0.377 e. The number of rotatable bonds is 5. The fourth-order valence-electron chi connectivity index (χ4n) is 1.44. The zero-order valence-electron chi connectivity index (χ0n) is 8.99. The van der Waals surface area contributed by atoms with Crippen LogP contribution in [-0.2, 0) is 11.2 Å². The van der Waals surface area contributed by atoms with Gasteiger partial charge in [-0.15, -0.1) is 0 Å². The van der Waals surface area contributed by atoms with Crippen molar-refractivity contribution in [2.45, 2.75) is 25.9 Å². The number of hydrogen-bond acceptors (Lipinski definition) is 2. The van der Waals surface area contributed by atoms with Gasteiger partial charge in [0.2, 0.25) is 0 Å². The van der Waals surface area contributed by atoms with Gasteiger partial charge in [0, 0.05) is 7.11 Å². The lowest BCUT2D eigenvalue weighted by Gasteiger charge is -2.11. The van der Waals surface area contributed by atoms with E-state index in [1.165, 1.54) is 11.1 Å². The Morgan fingerprint density at radius 3 is 2.86 bits per heavy atom. The quantitative estimate of drug-likeness (QED) is 0.778. The van der Waals surface area contributed by atoms with Crippen LogP contribution in [0.25, 0.3) is 0 Å². The smallest absolute Gasteiger partial charge is 0.0793 e. The summed E-state index contributed by atoms with van der Waals surface area (Å²) >= 11 is 0. The third-order valence-corrected chi connectivity index (χ3v) is 2.44. The number of aryl methyl sites for hydroxylation is 1. The summed E-state index contributed by atoms with van der Waals surface area (Å²) < 4.78 is 5.27. The van der Waals surface area contributed by atoms with E-state index in [2.05, 4.69) is 31.2 Å². The minimum absolute atomic E-state index is 0.174. The van der Waals surface area contributed by atoms with Crippen LogP contribution in [0.15, 0.2) is 24.3 Å². The highest BCUT2D eigenvalue weighted by Crippen LogP contribution is 2.17. The van der Waals surface area contributed by atoms with Gasteiger partial charge >= 0.3 is 0 Å². The monoisotopic (exact) mass is 193 g/mol. The first-order valence-corrected chi connectivity index (χ1v) is 5.09. The van der Waals surface area contributed by atoms with Crippen LogP contribution in [0.1, 0.15) is 30.6 Å². The van der Waals surface area contributed by atoms with Crippen LogP contribution in [0.5, 0.6) is 0 Å². The molecule has 1 aromatic carbocycles. The van der Waals surface area contributed by atoms with Crippen molar-refractivity contribution >= 4 is 0 Å². The Kier molecular flexibility index (Phi) is 4.63. The van der Waals surface area contributed by atoms with Gasteiger partial charge in [-0.1, -0.05) is 24.3 Å². The van der Waals surface area contributed by atoms with Gasteiger partial charge in [0.15, 0.2) is 0 Å². The van der Waals surface area contributed by atoms with E-state index >= 15 is 0 Å². The molecule has 0 aliphatic rings. The molecule has 0 fully saturated rings. The zero-order valence-corrected chi connectivity index (χ0v) is 8.99. The van der Waals surface area contributed by atoms with Crippen molar-refractivity contribution < 1.29 is 4.74 Å². The maximum Gasteiger partial charge on any atom is 0.0793 e. The summed E-state index contributed by atoms with van der Waals surface area (Å²) in [5.74, 6) is 0. The molecule has 0 spiro atoms. The highest BCUT2D eigenvalue weighted by Gasteiger charge is 2.03. The van der Waals surface area contributed by atoms with E-state index in [-0.39, 0.29) is 6.10 Å².